The molecular weight excluding hydrogens is 663 g/mol. The zero-order valence-electron chi connectivity index (χ0n) is 23.5. The van der Waals surface area contributed by atoms with E-state index in [4.69, 9.17) is 26.1 Å². The van der Waals surface area contributed by atoms with Crippen molar-refractivity contribution in [3.8, 4) is 11.5 Å². The summed E-state index contributed by atoms with van der Waals surface area (Å²) in [5, 5.41) is 0.663. The maximum Gasteiger partial charge on any atom is 0.271 e. The average Bonchev–Trinajstić information content (AvgIpc) is 3.34. The summed E-state index contributed by atoms with van der Waals surface area (Å²) in [4.78, 5) is 19.8. The molecular formula is C35H25BrClFN2O3S. The van der Waals surface area contributed by atoms with E-state index in [0.29, 0.717) is 36.9 Å². The predicted octanol–water partition coefficient (Wildman–Crippen LogP) is 7.46. The Hall–Kier alpha value is -3.98. The van der Waals surface area contributed by atoms with Crippen LogP contribution in [0.5, 0.6) is 11.5 Å². The molecule has 1 aromatic heterocycles. The molecule has 4 aromatic carbocycles. The van der Waals surface area contributed by atoms with Crippen molar-refractivity contribution in [1.29, 1.82) is 0 Å². The van der Waals surface area contributed by atoms with Gasteiger partial charge in [0.2, 0.25) is 0 Å². The first-order chi connectivity index (χ1) is 21.4. The van der Waals surface area contributed by atoms with Crippen LogP contribution in [0.25, 0.3) is 11.8 Å². The minimum absolute atomic E-state index is 0.147. The van der Waals surface area contributed by atoms with Gasteiger partial charge in [0.15, 0.2) is 16.3 Å². The molecule has 0 spiro atoms. The van der Waals surface area contributed by atoms with E-state index in [-0.39, 0.29) is 17.4 Å². The van der Waals surface area contributed by atoms with Crippen LogP contribution in [0.4, 0.5) is 4.39 Å². The van der Waals surface area contributed by atoms with E-state index in [1.54, 1.807) is 23.8 Å². The summed E-state index contributed by atoms with van der Waals surface area (Å²) in [6.45, 7) is 0.335. The van der Waals surface area contributed by atoms with Gasteiger partial charge in [-0.1, -0.05) is 71.5 Å². The van der Waals surface area contributed by atoms with E-state index in [9.17, 15) is 9.18 Å². The van der Waals surface area contributed by atoms with E-state index in [1.807, 2.05) is 54.6 Å². The fourth-order valence-corrected chi connectivity index (χ4v) is 7.52. The lowest BCUT2D eigenvalue weighted by Crippen LogP contribution is -2.38. The van der Waals surface area contributed by atoms with Gasteiger partial charge in [-0.05, 0) is 99.1 Å². The number of hydrogen-bond donors (Lipinski definition) is 0. The summed E-state index contributed by atoms with van der Waals surface area (Å²) in [5.74, 6) is 0.775. The second-order valence-electron chi connectivity index (χ2n) is 10.6. The molecule has 44 heavy (non-hydrogen) atoms. The molecule has 0 radical (unpaired) electrons. The van der Waals surface area contributed by atoms with Gasteiger partial charge in [0, 0.05) is 10.6 Å². The van der Waals surface area contributed by atoms with Crippen molar-refractivity contribution in [2.24, 2.45) is 4.99 Å². The van der Waals surface area contributed by atoms with Crippen LogP contribution in [0, 0.1) is 5.82 Å². The van der Waals surface area contributed by atoms with E-state index >= 15 is 0 Å². The number of halogens is 3. The van der Waals surface area contributed by atoms with Gasteiger partial charge in [0.1, 0.15) is 12.4 Å². The number of hydrogen-bond acceptors (Lipinski definition) is 5. The predicted molar refractivity (Wildman–Crippen MR) is 176 cm³/mol. The summed E-state index contributed by atoms with van der Waals surface area (Å²) in [6, 6.07) is 25.5. The van der Waals surface area contributed by atoms with E-state index < -0.39 is 0 Å². The number of aryl methyl sites for hydroxylation is 1. The molecule has 0 bridgehead atoms. The SMILES string of the molecule is COc1cc(/C=c2/sc3n(c2=O)[C@H](c2ccc(F)cc2)C2=C(N=3)c3ccccc3CC2)cc(Br)c1OCc1ccc(Cl)cc1. The molecule has 0 unspecified atom stereocenters. The van der Waals surface area contributed by atoms with Crippen molar-refractivity contribution in [3.63, 3.8) is 0 Å². The van der Waals surface area contributed by atoms with Crippen molar-refractivity contribution in [1.82, 2.24) is 4.57 Å². The first-order valence-corrected chi connectivity index (χ1v) is 16.0. The minimum atomic E-state index is -0.373. The zero-order chi connectivity index (χ0) is 30.4. The van der Waals surface area contributed by atoms with Crippen molar-refractivity contribution < 1.29 is 13.9 Å². The van der Waals surface area contributed by atoms with Crippen molar-refractivity contribution in [2.75, 3.05) is 7.11 Å². The molecule has 9 heteroatoms. The third-order valence-corrected chi connectivity index (χ3v) is 9.73. The highest BCUT2D eigenvalue weighted by Crippen LogP contribution is 2.41. The number of fused-ring (bicyclic) bond motifs is 3. The molecule has 5 aromatic rings. The monoisotopic (exact) mass is 686 g/mol. The third kappa shape index (κ3) is 5.31. The summed E-state index contributed by atoms with van der Waals surface area (Å²) < 4.78 is 28.7. The molecule has 0 amide bonds. The standard InChI is InChI=1S/C35H25BrClFN2O3S/c1-42-29-17-21(16-28(36)33(29)43-19-20-6-11-24(37)12-7-20)18-30-34(41)40-32(23-8-13-25(38)14-9-23)27-15-10-22-4-2-3-5-26(22)31(27)39-35(40)44-30/h2-9,11-14,16-18,32H,10,15,19H2,1H3/b30-18+/t32-/m1/s1. The van der Waals surface area contributed by atoms with Crippen LogP contribution in [0.2, 0.25) is 5.02 Å². The smallest absolute Gasteiger partial charge is 0.271 e. The van der Waals surface area contributed by atoms with Crippen LogP contribution in [0.1, 0.15) is 40.3 Å². The van der Waals surface area contributed by atoms with Crippen LogP contribution < -0.4 is 24.4 Å². The molecule has 0 saturated carbocycles. The van der Waals surface area contributed by atoms with Gasteiger partial charge in [0.05, 0.1) is 27.9 Å². The molecule has 2 aliphatic rings. The Bertz CT molecular complexity index is 2120. The first kappa shape index (κ1) is 28.8. The van der Waals surface area contributed by atoms with Crippen molar-refractivity contribution >= 4 is 50.6 Å². The molecule has 1 atom stereocenters. The number of benzene rings is 4. The Morgan fingerprint density at radius 3 is 2.61 bits per heavy atom. The van der Waals surface area contributed by atoms with Gasteiger partial charge < -0.3 is 9.47 Å². The van der Waals surface area contributed by atoms with Crippen LogP contribution in [-0.2, 0) is 13.0 Å². The number of rotatable bonds is 6. The Morgan fingerprint density at radius 1 is 1.07 bits per heavy atom. The molecule has 0 fully saturated rings. The van der Waals surface area contributed by atoms with Gasteiger partial charge in [-0.3, -0.25) is 9.36 Å². The molecule has 1 aliphatic heterocycles. The van der Waals surface area contributed by atoms with E-state index in [1.165, 1.54) is 29.0 Å². The molecule has 1 aliphatic carbocycles. The highest BCUT2D eigenvalue weighted by atomic mass is 79.9. The fraction of sp³-hybridized carbons (Fsp3) is 0.143. The molecule has 5 nitrogen and oxygen atoms in total. The molecule has 7 rings (SSSR count). The highest BCUT2D eigenvalue weighted by Gasteiger charge is 2.32. The van der Waals surface area contributed by atoms with Crippen LogP contribution in [0.15, 0.2) is 105 Å². The summed E-state index contributed by atoms with van der Waals surface area (Å²) in [6.07, 6.45) is 3.47. The Kier molecular flexibility index (Phi) is 7.74. The number of aromatic nitrogens is 1. The quantitative estimate of drug-likeness (QED) is 0.186. The first-order valence-electron chi connectivity index (χ1n) is 14.0. The Balaban J connectivity index is 1.32. The van der Waals surface area contributed by atoms with Gasteiger partial charge in [-0.25, -0.2) is 9.38 Å². The van der Waals surface area contributed by atoms with Gasteiger partial charge in [-0.15, -0.1) is 0 Å². The Labute approximate surface area is 270 Å². The lowest BCUT2D eigenvalue weighted by molar-refractivity contribution is 0.282. The molecule has 220 valence electrons. The van der Waals surface area contributed by atoms with Gasteiger partial charge in [0.25, 0.3) is 5.56 Å². The number of thiazole rings is 1. The molecule has 2 heterocycles. The second kappa shape index (κ2) is 11.8. The number of ether oxygens (including phenoxy) is 2. The molecule has 0 N–H and O–H groups in total. The van der Waals surface area contributed by atoms with Crippen molar-refractivity contribution in [2.45, 2.75) is 25.5 Å². The summed E-state index contributed by atoms with van der Waals surface area (Å²) >= 11 is 11.0. The van der Waals surface area contributed by atoms with E-state index in [2.05, 4.69) is 28.1 Å². The third-order valence-electron chi connectivity index (χ3n) is 7.90. The fourth-order valence-electron chi connectivity index (χ4n) is 5.82. The maximum atomic E-state index is 14.1. The van der Waals surface area contributed by atoms with Crippen LogP contribution in [0.3, 0.4) is 0 Å². The van der Waals surface area contributed by atoms with Crippen LogP contribution >= 0.6 is 38.9 Å². The number of nitrogens with zero attached hydrogens (tertiary/aromatic N) is 2. The maximum absolute atomic E-state index is 14.1. The zero-order valence-corrected chi connectivity index (χ0v) is 26.7. The normalized spacial score (nSPS) is 15.7. The highest BCUT2D eigenvalue weighted by molar-refractivity contribution is 9.10. The molecule has 0 saturated heterocycles. The van der Waals surface area contributed by atoms with Gasteiger partial charge >= 0.3 is 0 Å². The van der Waals surface area contributed by atoms with E-state index in [0.717, 1.165) is 46.4 Å². The average molecular weight is 688 g/mol. The Morgan fingerprint density at radius 2 is 1.84 bits per heavy atom. The van der Waals surface area contributed by atoms with Crippen LogP contribution in [-0.4, -0.2) is 11.7 Å². The summed E-state index contributed by atoms with van der Waals surface area (Å²) in [7, 11) is 1.58. The van der Waals surface area contributed by atoms with Crippen molar-refractivity contribution in [3.05, 3.63) is 153 Å². The number of allylic oxidation sites excluding steroid dienone is 1. The largest absolute Gasteiger partial charge is 0.493 e. The summed E-state index contributed by atoms with van der Waals surface area (Å²) in [5.41, 5.74) is 6.74. The lowest BCUT2D eigenvalue weighted by Gasteiger charge is -2.30. The second-order valence-corrected chi connectivity index (χ2v) is 12.9. The lowest BCUT2D eigenvalue weighted by atomic mass is 9.83. The minimum Gasteiger partial charge on any atom is -0.493 e. The topological polar surface area (TPSA) is 52.8 Å². The van der Waals surface area contributed by atoms with Gasteiger partial charge in [-0.2, -0.15) is 0 Å². The number of methoxy groups -OCH3 is 1.